The number of fused-ring (bicyclic) bond motifs is 2. The van der Waals surface area contributed by atoms with Crippen LogP contribution in [-0.2, 0) is 18.3 Å². The van der Waals surface area contributed by atoms with Gasteiger partial charge in [0.1, 0.15) is 16.9 Å². The summed E-state index contributed by atoms with van der Waals surface area (Å²) >= 11 is 1.62. The van der Waals surface area contributed by atoms with Crippen LogP contribution in [0, 0.1) is 16.7 Å². The maximum atomic E-state index is 9.72. The first-order valence-corrected chi connectivity index (χ1v) is 14.7. The Labute approximate surface area is 225 Å². The second kappa shape index (κ2) is 10.2. The molecule has 4 aliphatic rings. The zero-order chi connectivity index (χ0) is 26.2. The van der Waals surface area contributed by atoms with Crippen molar-refractivity contribution in [3.8, 4) is 6.07 Å². The van der Waals surface area contributed by atoms with Crippen LogP contribution in [0.1, 0.15) is 81.0 Å². The molecule has 1 aliphatic carbocycles. The first kappa shape index (κ1) is 25.8. The Morgan fingerprint density at radius 3 is 2.57 bits per heavy atom. The van der Waals surface area contributed by atoms with E-state index in [-0.39, 0.29) is 5.41 Å². The normalized spacial score (nSPS) is 21.4. The lowest BCUT2D eigenvalue weighted by Gasteiger charge is -2.52. The second-order valence-electron chi connectivity index (χ2n) is 11.9. The number of anilines is 3. The maximum Gasteiger partial charge on any atom is 0.227 e. The van der Waals surface area contributed by atoms with Gasteiger partial charge in [0, 0.05) is 60.5 Å². The molecule has 1 spiro atoms. The van der Waals surface area contributed by atoms with Crippen LogP contribution in [0.2, 0.25) is 0 Å². The molecule has 2 aromatic rings. The minimum Gasteiger partial charge on any atom is -0.389 e. The number of hydrogen-bond acceptors (Lipinski definition) is 8. The monoisotopic (exact) mass is 519 g/mol. The minimum atomic E-state index is 0.0334. The summed E-state index contributed by atoms with van der Waals surface area (Å²) in [4.78, 5) is 16.0. The molecule has 3 fully saturated rings. The Morgan fingerprint density at radius 1 is 1.14 bits per heavy atom. The number of nitrogens with two attached hydrogens (primary N) is 1. The van der Waals surface area contributed by atoms with Crippen molar-refractivity contribution in [2.24, 2.45) is 5.41 Å². The molecule has 0 amide bonds. The molecular weight excluding hydrogens is 478 g/mol. The lowest BCUT2D eigenvalue weighted by molar-refractivity contribution is 0.281. The fraction of sp³-hybridized carbons (Fsp3) is 0.621. The summed E-state index contributed by atoms with van der Waals surface area (Å²) in [5, 5.41) is 13.5. The number of thiophene rings is 1. The van der Waals surface area contributed by atoms with Crippen LogP contribution in [0.4, 0.5) is 16.8 Å². The number of allylic oxidation sites excluding steroid dienone is 1. The molecule has 8 heteroatoms. The predicted octanol–water partition coefficient (Wildman–Crippen LogP) is 5.16. The summed E-state index contributed by atoms with van der Waals surface area (Å²) in [6, 6.07) is 4.56. The molecule has 0 atom stereocenters. The molecule has 5 heterocycles. The van der Waals surface area contributed by atoms with Gasteiger partial charge in [-0.1, -0.05) is 27.4 Å². The summed E-state index contributed by atoms with van der Waals surface area (Å²) in [6.45, 7) is 15.6. The summed E-state index contributed by atoms with van der Waals surface area (Å²) in [6.07, 6.45) is 9.16. The summed E-state index contributed by atoms with van der Waals surface area (Å²) in [5.74, 6) is 1.91. The van der Waals surface area contributed by atoms with E-state index in [9.17, 15) is 5.26 Å². The Kier molecular flexibility index (Phi) is 7.10. The molecule has 2 aromatic heterocycles. The largest absolute Gasteiger partial charge is 0.389 e. The number of aromatic nitrogens is 2. The average Bonchev–Trinajstić information content (AvgIpc) is 3.47. The van der Waals surface area contributed by atoms with E-state index in [4.69, 9.17) is 15.7 Å². The third kappa shape index (κ3) is 5.16. The number of aryl methyl sites for hydroxylation is 2. The lowest BCUT2D eigenvalue weighted by Crippen LogP contribution is -2.61. The topological polar surface area (TPSA) is 94.1 Å². The van der Waals surface area contributed by atoms with E-state index in [0.717, 1.165) is 81.4 Å². The van der Waals surface area contributed by atoms with Crippen molar-refractivity contribution >= 4 is 28.1 Å². The first-order chi connectivity index (χ1) is 17.7. The third-order valence-electron chi connectivity index (χ3n) is 8.35. The van der Waals surface area contributed by atoms with Crippen LogP contribution in [0.15, 0.2) is 18.3 Å². The summed E-state index contributed by atoms with van der Waals surface area (Å²) < 4.78 is 0. The van der Waals surface area contributed by atoms with E-state index in [0.29, 0.717) is 10.4 Å². The van der Waals surface area contributed by atoms with Gasteiger partial charge < -0.3 is 20.9 Å². The predicted molar refractivity (Wildman–Crippen MR) is 153 cm³/mol. The van der Waals surface area contributed by atoms with Crippen molar-refractivity contribution in [1.82, 2.24) is 15.3 Å². The summed E-state index contributed by atoms with van der Waals surface area (Å²) in [7, 11) is 0. The molecule has 3 aliphatic heterocycles. The minimum absolute atomic E-state index is 0.0334. The molecule has 3 saturated heterocycles. The van der Waals surface area contributed by atoms with Crippen molar-refractivity contribution in [2.45, 2.75) is 77.6 Å². The highest BCUT2D eigenvalue weighted by molar-refractivity contribution is 7.16. The highest BCUT2D eigenvalue weighted by Crippen LogP contribution is 2.50. The number of nitriles is 1. The number of nitrogens with zero attached hydrogens (tertiary/aromatic N) is 5. The van der Waals surface area contributed by atoms with Crippen LogP contribution < -0.4 is 20.9 Å². The standard InChI is InChI=1S/C24H32N6S.C5H9N/c1-4-16-11-19(29-10-6-8-23(2,3)13-29)28-22(27-16)30-14-24(15-30)9-5-7-18-20(24)17(12-25)21(26)31-18;1-5-3-2-4-6-5/h11H,4-10,13-15,26H2,1-3H3;6H,1-4H2. The van der Waals surface area contributed by atoms with Gasteiger partial charge in [-0.2, -0.15) is 10.2 Å². The Hall–Kier alpha value is -2.79. The summed E-state index contributed by atoms with van der Waals surface area (Å²) in [5.41, 5.74) is 10.8. The Morgan fingerprint density at radius 2 is 1.95 bits per heavy atom. The van der Waals surface area contributed by atoms with Crippen LogP contribution in [0.25, 0.3) is 0 Å². The van der Waals surface area contributed by atoms with Gasteiger partial charge in [0.15, 0.2) is 0 Å². The molecule has 6 rings (SSSR count). The average molecular weight is 520 g/mol. The van der Waals surface area contributed by atoms with Crippen LogP contribution >= 0.6 is 11.3 Å². The highest BCUT2D eigenvalue weighted by Gasteiger charge is 2.50. The van der Waals surface area contributed by atoms with Gasteiger partial charge in [-0.15, -0.1) is 11.3 Å². The Balaban J connectivity index is 0.000000412. The number of piperidine rings is 1. The fourth-order valence-corrected chi connectivity index (χ4v) is 7.61. The second-order valence-corrected chi connectivity index (χ2v) is 13.1. The van der Waals surface area contributed by atoms with Gasteiger partial charge in [-0.25, -0.2) is 4.98 Å². The fourth-order valence-electron chi connectivity index (χ4n) is 6.43. The van der Waals surface area contributed by atoms with Gasteiger partial charge in [0.05, 0.1) is 5.56 Å². The third-order valence-corrected chi connectivity index (χ3v) is 9.43. The van der Waals surface area contributed by atoms with Crippen molar-refractivity contribution < 1.29 is 0 Å². The van der Waals surface area contributed by atoms with Gasteiger partial charge >= 0.3 is 0 Å². The molecule has 7 nitrogen and oxygen atoms in total. The number of nitrogens with one attached hydrogen (secondary N) is 1. The molecule has 198 valence electrons. The van der Waals surface area contributed by atoms with Crippen LogP contribution in [-0.4, -0.2) is 42.7 Å². The Bertz CT molecular complexity index is 1190. The number of rotatable bonds is 3. The molecule has 0 aromatic carbocycles. The zero-order valence-corrected chi connectivity index (χ0v) is 23.5. The van der Waals surface area contributed by atoms with Crippen molar-refractivity contribution in [2.75, 3.05) is 48.3 Å². The van der Waals surface area contributed by atoms with Gasteiger partial charge in [0.25, 0.3) is 0 Å². The van der Waals surface area contributed by atoms with E-state index in [1.54, 1.807) is 11.3 Å². The van der Waals surface area contributed by atoms with Crippen LogP contribution in [0.5, 0.6) is 0 Å². The SMILES string of the molecule is C=C1CCCN1.CCc1cc(N2CCCC(C)(C)C2)nc(N2CC3(CCCc4sc(N)c(C#N)c43)C2)n1. The van der Waals surface area contributed by atoms with Crippen molar-refractivity contribution in [3.63, 3.8) is 0 Å². The molecular formula is C29H41N7S. The van der Waals surface area contributed by atoms with Crippen molar-refractivity contribution in [3.05, 3.63) is 40.0 Å². The smallest absolute Gasteiger partial charge is 0.227 e. The van der Waals surface area contributed by atoms with E-state index < -0.39 is 0 Å². The molecule has 0 saturated carbocycles. The molecule has 37 heavy (non-hydrogen) atoms. The molecule has 0 unspecified atom stereocenters. The van der Waals surface area contributed by atoms with E-state index in [1.807, 2.05) is 0 Å². The maximum absolute atomic E-state index is 9.72. The quantitative estimate of drug-likeness (QED) is 0.578. The number of hydrogen-bond donors (Lipinski definition) is 2. The molecule has 0 radical (unpaired) electrons. The number of nitrogen functional groups attached to an aromatic ring is 1. The van der Waals surface area contributed by atoms with Gasteiger partial charge in [0.2, 0.25) is 5.95 Å². The van der Waals surface area contributed by atoms with Crippen molar-refractivity contribution in [1.29, 1.82) is 5.26 Å². The van der Waals surface area contributed by atoms with E-state index >= 15 is 0 Å². The first-order valence-electron chi connectivity index (χ1n) is 13.8. The molecule has 3 N–H and O–H groups in total. The zero-order valence-electron chi connectivity index (χ0n) is 22.7. The van der Waals surface area contributed by atoms with Gasteiger partial charge in [-0.3, -0.25) is 0 Å². The highest BCUT2D eigenvalue weighted by atomic mass is 32.1. The van der Waals surface area contributed by atoms with Crippen LogP contribution in [0.3, 0.4) is 0 Å². The lowest BCUT2D eigenvalue weighted by atomic mass is 9.66. The van der Waals surface area contributed by atoms with E-state index in [2.05, 4.69) is 54.6 Å². The van der Waals surface area contributed by atoms with Gasteiger partial charge in [-0.05, 0) is 62.3 Å². The van der Waals surface area contributed by atoms with E-state index in [1.165, 1.54) is 41.8 Å². The molecule has 0 bridgehead atoms.